The Morgan fingerprint density at radius 3 is 2.18 bits per heavy atom. The highest BCUT2D eigenvalue weighted by Gasteiger charge is 2.31. The molecule has 4 aromatic rings. The first kappa shape index (κ1) is 39.4. The van der Waals surface area contributed by atoms with E-state index < -0.39 is 59.3 Å². The number of amides is 5. The number of hydrogen-bond donors (Lipinski definition) is 6. The number of carbonyl (C=O) groups excluding carboxylic acids is 6. The highest BCUT2D eigenvalue weighted by atomic mass is 16.2. The van der Waals surface area contributed by atoms with Crippen molar-refractivity contribution in [1.29, 1.82) is 0 Å². The summed E-state index contributed by atoms with van der Waals surface area (Å²) in [7, 11) is 1.42. The minimum atomic E-state index is -0.996. The average molecular weight is 756 g/mol. The smallest absolute Gasteiger partial charge is 0.264 e. The molecule has 1 fully saturated rings. The van der Waals surface area contributed by atoms with Gasteiger partial charge in [0.1, 0.15) is 36.6 Å². The van der Waals surface area contributed by atoms with Gasteiger partial charge in [-0.1, -0.05) is 12.1 Å². The van der Waals surface area contributed by atoms with Gasteiger partial charge in [-0.05, 0) is 57.4 Å². The van der Waals surface area contributed by atoms with Gasteiger partial charge in [0.05, 0.1) is 33.2 Å². The zero-order valence-electron chi connectivity index (χ0n) is 30.4. The quantitative estimate of drug-likeness (QED) is 0.0438. The van der Waals surface area contributed by atoms with Crippen LogP contribution in [-0.4, -0.2) is 73.5 Å². The van der Waals surface area contributed by atoms with Crippen molar-refractivity contribution in [2.24, 2.45) is 11.6 Å². The standard InChI is InChI=1S/C36H41N11O8/c1-19-40-22-7-4-9-24(31(22)35(54)46(19)26(11-6-16-48)33(52)39-3)42-28(49)14-12-21(37)17-45(38)18-30(51)43-25-10-5-8-23-32(25)36(55)47(20(2)41-23)27-13-15-29(50)44-34(27)53/h4-5,7-10,16-17,26-27H,6,11-15,18,37-38H2,1-3H3,(H,39,52)(H,42,49)(H,43,51)(H,44,50,53)/b21-17-. The summed E-state index contributed by atoms with van der Waals surface area (Å²) in [5, 5.41) is 11.3. The molecule has 0 radical (unpaired) electrons. The van der Waals surface area contributed by atoms with Gasteiger partial charge in [-0.2, -0.15) is 0 Å². The van der Waals surface area contributed by atoms with Crippen LogP contribution in [0.5, 0.6) is 0 Å². The Hall–Kier alpha value is -6.76. The van der Waals surface area contributed by atoms with E-state index in [1.54, 1.807) is 38.1 Å². The number of nitrogens with two attached hydrogens (primary N) is 2. The Morgan fingerprint density at radius 1 is 0.945 bits per heavy atom. The lowest BCUT2D eigenvalue weighted by atomic mass is 10.1. The molecule has 2 aromatic carbocycles. The predicted molar refractivity (Wildman–Crippen MR) is 201 cm³/mol. The van der Waals surface area contributed by atoms with Gasteiger partial charge in [-0.3, -0.25) is 48.0 Å². The zero-order valence-corrected chi connectivity index (χ0v) is 30.4. The van der Waals surface area contributed by atoms with E-state index in [9.17, 15) is 38.4 Å². The normalized spacial score (nSPS) is 15.0. The van der Waals surface area contributed by atoms with Gasteiger partial charge in [0.25, 0.3) is 11.1 Å². The molecule has 1 saturated heterocycles. The van der Waals surface area contributed by atoms with Crippen molar-refractivity contribution in [1.82, 2.24) is 34.7 Å². The maximum atomic E-state index is 13.7. The summed E-state index contributed by atoms with van der Waals surface area (Å²) < 4.78 is 2.42. The molecule has 2 unspecified atom stereocenters. The second kappa shape index (κ2) is 16.9. The van der Waals surface area contributed by atoms with E-state index >= 15 is 0 Å². The summed E-state index contributed by atoms with van der Waals surface area (Å²) in [4.78, 5) is 110. The maximum Gasteiger partial charge on any atom is 0.264 e. The number of nitrogens with one attached hydrogen (secondary N) is 4. The number of anilines is 2. The van der Waals surface area contributed by atoms with Crippen LogP contribution in [0.2, 0.25) is 0 Å². The Bertz CT molecular complexity index is 2370. The van der Waals surface area contributed by atoms with E-state index in [4.69, 9.17) is 11.6 Å². The summed E-state index contributed by atoms with van der Waals surface area (Å²) in [6, 6.07) is 7.51. The van der Waals surface area contributed by atoms with Crippen molar-refractivity contribution in [2.75, 3.05) is 24.2 Å². The van der Waals surface area contributed by atoms with Crippen LogP contribution in [0.15, 0.2) is 57.9 Å². The number of hydrogen-bond acceptors (Lipinski definition) is 13. The number of likely N-dealkylation sites (N-methyl/N-ethyl adjacent to an activating group) is 1. The molecular weight excluding hydrogens is 714 g/mol. The van der Waals surface area contributed by atoms with E-state index in [-0.39, 0.29) is 78.0 Å². The molecule has 1 aliphatic rings. The maximum absolute atomic E-state index is 13.7. The van der Waals surface area contributed by atoms with Gasteiger partial charge in [0.2, 0.25) is 29.5 Å². The Labute approximate surface area is 313 Å². The second-order valence-electron chi connectivity index (χ2n) is 12.9. The number of allylic oxidation sites excluding steroid dienone is 1. The van der Waals surface area contributed by atoms with E-state index in [0.29, 0.717) is 17.3 Å². The summed E-state index contributed by atoms with van der Waals surface area (Å²) in [6.07, 6.45) is 2.12. The number of aryl methyl sites for hydroxylation is 2. The Kier molecular flexibility index (Phi) is 12.1. The van der Waals surface area contributed by atoms with Crippen molar-refractivity contribution >= 4 is 69.0 Å². The monoisotopic (exact) mass is 755 g/mol. The molecule has 288 valence electrons. The van der Waals surface area contributed by atoms with Crippen LogP contribution in [0, 0.1) is 13.8 Å². The van der Waals surface area contributed by atoms with Crippen LogP contribution >= 0.6 is 0 Å². The fraction of sp³-hybridized carbons (Fsp3) is 0.333. The van der Waals surface area contributed by atoms with Crippen LogP contribution in [0.25, 0.3) is 21.8 Å². The molecule has 8 N–H and O–H groups in total. The molecular formula is C36H41N11O8. The lowest BCUT2D eigenvalue weighted by Gasteiger charge is -2.24. The lowest BCUT2D eigenvalue weighted by Crippen LogP contribution is -2.45. The first-order valence-corrected chi connectivity index (χ1v) is 17.3. The third-order valence-corrected chi connectivity index (χ3v) is 9.00. The molecule has 0 spiro atoms. The molecule has 19 heteroatoms. The molecule has 2 aromatic heterocycles. The summed E-state index contributed by atoms with van der Waals surface area (Å²) in [6.45, 7) is 2.75. The summed E-state index contributed by atoms with van der Waals surface area (Å²) >= 11 is 0. The zero-order chi connectivity index (χ0) is 40.0. The fourth-order valence-electron chi connectivity index (χ4n) is 6.50. The third kappa shape index (κ3) is 8.73. The van der Waals surface area contributed by atoms with Gasteiger partial charge in [0.15, 0.2) is 0 Å². The predicted octanol–water partition coefficient (Wildman–Crippen LogP) is 0.300. The molecule has 19 nitrogen and oxygen atoms in total. The van der Waals surface area contributed by atoms with E-state index in [1.165, 1.54) is 34.5 Å². The average Bonchev–Trinajstić information content (AvgIpc) is 3.12. The molecule has 5 amide bonds. The fourth-order valence-corrected chi connectivity index (χ4v) is 6.50. The first-order valence-electron chi connectivity index (χ1n) is 17.3. The summed E-state index contributed by atoms with van der Waals surface area (Å²) in [5.41, 5.74) is 6.04. The number of hydrazine groups is 1. The van der Waals surface area contributed by atoms with Crippen LogP contribution in [-0.2, 0) is 28.8 Å². The largest absolute Gasteiger partial charge is 0.401 e. The van der Waals surface area contributed by atoms with E-state index in [2.05, 4.69) is 31.2 Å². The van der Waals surface area contributed by atoms with Gasteiger partial charge >= 0.3 is 0 Å². The summed E-state index contributed by atoms with van der Waals surface area (Å²) in [5.74, 6) is 3.94. The van der Waals surface area contributed by atoms with Gasteiger partial charge in [0, 0.05) is 38.2 Å². The molecule has 55 heavy (non-hydrogen) atoms. The third-order valence-electron chi connectivity index (χ3n) is 9.00. The molecule has 0 aliphatic carbocycles. The van der Waals surface area contributed by atoms with Crippen molar-refractivity contribution in [3.05, 3.63) is 80.7 Å². The number of rotatable bonds is 14. The van der Waals surface area contributed by atoms with E-state index in [1.807, 2.05) is 0 Å². The van der Waals surface area contributed by atoms with Crippen LogP contribution in [0.1, 0.15) is 62.3 Å². The number of carbonyl (C=O) groups is 6. The molecule has 1 aliphatic heterocycles. The number of piperidine rings is 1. The highest BCUT2D eigenvalue weighted by Crippen LogP contribution is 2.25. The number of fused-ring (bicyclic) bond motifs is 2. The topological polar surface area (TPSA) is 276 Å². The first-order chi connectivity index (χ1) is 26.2. The van der Waals surface area contributed by atoms with Crippen molar-refractivity contribution in [2.45, 2.75) is 64.5 Å². The molecule has 2 atom stereocenters. The molecule has 0 saturated carbocycles. The Morgan fingerprint density at radius 2 is 1.56 bits per heavy atom. The molecule has 0 bridgehead atoms. The van der Waals surface area contributed by atoms with Crippen molar-refractivity contribution in [3.8, 4) is 0 Å². The van der Waals surface area contributed by atoms with Crippen LogP contribution < -0.4 is 44.0 Å². The minimum absolute atomic E-state index is 0.0200. The van der Waals surface area contributed by atoms with Crippen molar-refractivity contribution in [3.63, 3.8) is 0 Å². The van der Waals surface area contributed by atoms with Crippen LogP contribution in [0.4, 0.5) is 11.4 Å². The van der Waals surface area contributed by atoms with Gasteiger partial charge < -0.3 is 31.5 Å². The highest BCUT2D eigenvalue weighted by molar-refractivity contribution is 6.03. The lowest BCUT2D eigenvalue weighted by molar-refractivity contribution is -0.136. The molecule has 5 rings (SSSR count). The second-order valence-corrected chi connectivity index (χ2v) is 12.9. The van der Waals surface area contributed by atoms with Crippen molar-refractivity contribution < 1.29 is 28.8 Å². The number of aldehydes is 1. The number of imide groups is 1. The SMILES string of the molecule is CNC(=O)C(CCC=O)n1c(C)nc2cccc(NC(=O)CC/C(N)=C/N(N)CC(=O)Nc3cccc4nc(C)n(C5CCC(=O)NC5=O)c(=O)c34)c2c1=O. The van der Waals surface area contributed by atoms with Gasteiger partial charge in [-0.25, -0.2) is 15.8 Å². The number of aromatic nitrogens is 4. The van der Waals surface area contributed by atoms with E-state index in [0.717, 1.165) is 5.01 Å². The van der Waals surface area contributed by atoms with Gasteiger partial charge in [-0.15, -0.1) is 0 Å². The number of benzene rings is 2. The minimum Gasteiger partial charge on any atom is -0.401 e. The Balaban J connectivity index is 1.25. The van der Waals surface area contributed by atoms with Crippen LogP contribution in [0.3, 0.4) is 0 Å². The number of nitrogens with zero attached hydrogens (tertiary/aromatic N) is 5. The molecule has 3 heterocycles.